The van der Waals surface area contributed by atoms with Crippen molar-refractivity contribution in [3.63, 3.8) is 0 Å². The Hall–Kier alpha value is -2.89. The lowest BCUT2D eigenvalue weighted by atomic mass is 9.89. The predicted octanol–water partition coefficient (Wildman–Crippen LogP) is 3.19. The van der Waals surface area contributed by atoms with Crippen LogP contribution in [0.1, 0.15) is 44.9 Å². The minimum Gasteiger partial charge on any atom is -0.496 e. The fourth-order valence-corrected chi connectivity index (χ4v) is 3.59. The number of hydrogen-bond acceptors (Lipinski definition) is 4. The van der Waals surface area contributed by atoms with Gasteiger partial charge in [0, 0.05) is 13.1 Å². The number of para-hydroxylation sites is 1. The molecular weight excluding hydrogens is 344 g/mol. The van der Waals surface area contributed by atoms with Crippen LogP contribution in [0, 0.1) is 12.8 Å². The smallest absolute Gasteiger partial charge is 0.337 e. The standard InChI is InChI=1S/C21H24N2O4/c1-14-17(21(25)26)7-8-18(22-14)20(24)23-11-9-15(10-12-23)13-16-5-3-4-6-19(16)27-2/h3-8,15H,9-13H2,1-2H3,(H,25,26). The molecule has 2 aromatic rings. The Balaban J connectivity index is 1.61. The average Bonchev–Trinajstić information content (AvgIpc) is 2.68. The second-order valence-electron chi connectivity index (χ2n) is 6.89. The summed E-state index contributed by atoms with van der Waals surface area (Å²) in [4.78, 5) is 29.8. The quantitative estimate of drug-likeness (QED) is 0.877. The Morgan fingerprint density at radius 1 is 1.19 bits per heavy atom. The number of methoxy groups -OCH3 is 1. The number of rotatable bonds is 5. The third-order valence-electron chi connectivity index (χ3n) is 5.14. The van der Waals surface area contributed by atoms with E-state index in [-0.39, 0.29) is 11.5 Å². The molecule has 27 heavy (non-hydrogen) atoms. The predicted molar refractivity (Wildman–Crippen MR) is 101 cm³/mol. The molecule has 1 aromatic carbocycles. The van der Waals surface area contributed by atoms with Gasteiger partial charge in [-0.25, -0.2) is 9.78 Å². The van der Waals surface area contributed by atoms with E-state index in [1.165, 1.54) is 17.7 Å². The highest BCUT2D eigenvalue weighted by Crippen LogP contribution is 2.27. The molecule has 2 heterocycles. The number of piperidine rings is 1. The van der Waals surface area contributed by atoms with Gasteiger partial charge in [0.1, 0.15) is 11.4 Å². The van der Waals surface area contributed by atoms with Crippen molar-refractivity contribution in [3.8, 4) is 5.75 Å². The molecule has 6 nitrogen and oxygen atoms in total. The van der Waals surface area contributed by atoms with Crippen molar-refractivity contribution in [1.82, 2.24) is 9.88 Å². The molecule has 1 fully saturated rings. The van der Waals surface area contributed by atoms with Gasteiger partial charge in [0.05, 0.1) is 18.4 Å². The lowest BCUT2D eigenvalue weighted by Gasteiger charge is -2.32. The van der Waals surface area contributed by atoms with Crippen LogP contribution in [0.4, 0.5) is 0 Å². The number of carboxylic acids is 1. The first-order valence-electron chi connectivity index (χ1n) is 9.11. The number of ether oxygens (including phenoxy) is 1. The molecule has 1 aromatic heterocycles. The highest BCUT2D eigenvalue weighted by atomic mass is 16.5. The highest BCUT2D eigenvalue weighted by Gasteiger charge is 2.25. The van der Waals surface area contributed by atoms with Crippen molar-refractivity contribution in [2.24, 2.45) is 5.92 Å². The topological polar surface area (TPSA) is 79.7 Å². The summed E-state index contributed by atoms with van der Waals surface area (Å²) in [7, 11) is 1.69. The molecule has 0 aliphatic carbocycles. The Morgan fingerprint density at radius 2 is 1.89 bits per heavy atom. The number of pyridine rings is 1. The number of carbonyl (C=O) groups excluding carboxylic acids is 1. The number of carboxylic acid groups (broad SMARTS) is 1. The van der Waals surface area contributed by atoms with Gasteiger partial charge in [0.25, 0.3) is 5.91 Å². The van der Waals surface area contributed by atoms with E-state index in [1.54, 1.807) is 18.9 Å². The number of nitrogens with zero attached hydrogens (tertiary/aromatic N) is 2. The number of aryl methyl sites for hydroxylation is 1. The zero-order valence-corrected chi connectivity index (χ0v) is 15.6. The molecule has 1 saturated heterocycles. The maximum Gasteiger partial charge on any atom is 0.337 e. The molecule has 6 heteroatoms. The molecule has 1 aliphatic rings. The molecule has 0 spiro atoms. The third kappa shape index (κ3) is 4.27. The first-order chi connectivity index (χ1) is 13.0. The Bertz CT molecular complexity index is 842. The van der Waals surface area contributed by atoms with Crippen molar-refractivity contribution in [2.75, 3.05) is 20.2 Å². The van der Waals surface area contributed by atoms with E-state index in [0.29, 0.717) is 30.4 Å². The molecule has 0 bridgehead atoms. The third-order valence-corrected chi connectivity index (χ3v) is 5.14. The molecule has 1 aliphatic heterocycles. The zero-order valence-electron chi connectivity index (χ0n) is 15.6. The van der Waals surface area contributed by atoms with Gasteiger partial charge in [-0.1, -0.05) is 18.2 Å². The van der Waals surface area contributed by atoms with Crippen LogP contribution in [0.15, 0.2) is 36.4 Å². The van der Waals surface area contributed by atoms with Crippen LogP contribution >= 0.6 is 0 Å². The van der Waals surface area contributed by atoms with Crippen LogP contribution in [0.3, 0.4) is 0 Å². The molecule has 1 amide bonds. The van der Waals surface area contributed by atoms with Gasteiger partial charge in [-0.15, -0.1) is 0 Å². The number of benzene rings is 1. The average molecular weight is 368 g/mol. The van der Waals surface area contributed by atoms with E-state index >= 15 is 0 Å². The molecule has 0 radical (unpaired) electrons. The monoisotopic (exact) mass is 368 g/mol. The number of amides is 1. The normalized spacial score (nSPS) is 14.8. The fraction of sp³-hybridized carbons (Fsp3) is 0.381. The molecule has 142 valence electrons. The van der Waals surface area contributed by atoms with Gasteiger partial charge >= 0.3 is 5.97 Å². The number of likely N-dealkylation sites (tertiary alicyclic amines) is 1. The summed E-state index contributed by atoms with van der Waals surface area (Å²) in [6.45, 7) is 2.97. The first kappa shape index (κ1) is 18.9. The van der Waals surface area contributed by atoms with Gasteiger partial charge in [-0.2, -0.15) is 0 Å². The lowest BCUT2D eigenvalue weighted by Crippen LogP contribution is -2.39. The maximum absolute atomic E-state index is 12.7. The maximum atomic E-state index is 12.7. The van der Waals surface area contributed by atoms with Crippen LogP contribution < -0.4 is 4.74 Å². The first-order valence-corrected chi connectivity index (χ1v) is 9.11. The summed E-state index contributed by atoms with van der Waals surface area (Å²) in [6.07, 6.45) is 2.79. The Morgan fingerprint density at radius 3 is 2.52 bits per heavy atom. The van der Waals surface area contributed by atoms with Gasteiger partial charge in [-0.3, -0.25) is 4.79 Å². The number of hydrogen-bond donors (Lipinski definition) is 1. The summed E-state index contributed by atoms with van der Waals surface area (Å²) < 4.78 is 5.43. The van der Waals surface area contributed by atoms with E-state index in [1.807, 2.05) is 18.2 Å². The molecule has 0 atom stereocenters. The Kier molecular flexibility index (Phi) is 5.74. The van der Waals surface area contributed by atoms with Crippen LogP contribution in [0.2, 0.25) is 0 Å². The van der Waals surface area contributed by atoms with Crippen LogP contribution in [0.25, 0.3) is 0 Å². The van der Waals surface area contributed by atoms with Gasteiger partial charge in [0.2, 0.25) is 0 Å². The summed E-state index contributed by atoms with van der Waals surface area (Å²) in [5, 5.41) is 9.09. The molecule has 0 unspecified atom stereocenters. The largest absolute Gasteiger partial charge is 0.496 e. The Labute approximate surface area is 158 Å². The van der Waals surface area contributed by atoms with E-state index in [4.69, 9.17) is 9.84 Å². The van der Waals surface area contributed by atoms with Crippen molar-refractivity contribution in [1.29, 1.82) is 0 Å². The van der Waals surface area contributed by atoms with Gasteiger partial charge < -0.3 is 14.7 Å². The van der Waals surface area contributed by atoms with Crippen molar-refractivity contribution < 1.29 is 19.4 Å². The van der Waals surface area contributed by atoms with Crippen molar-refractivity contribution in [3.05, 3.63) is 58.9 Å². The van der Waals surface area contributed by atoms with Gasteiger partial charge in [0.15, 0.2) is 0 Å². The summed E-state index contributed by atoms with van der Waals surface area (Å²) in [6, 6.07) is 11.0. The van der Waals surface area contributed by atoms with E-state index in [9.17, 15) is 9.59 Å². The van der Waals surface area contributed by atoms with E-state index in [0.717, 1.165) is 25.0 Å². The SMILES string of the molecule is COc1ccccc1CC1CCN(C(=O)c2ccc(C(=O)O)c(C)n2)CC1. The van der Waals surface area contributed by atoms with Crippen LogP contribution in [0.5, 0.6) is 5.75 Å². The highest BCUT2D eigenvalue weighted by molar-refractivity contribution is 5.94. The van der Waals surface area contributed by atoms with Crippen molar-refractivity contribution in [2.45, 2.75) is 26.2 Å². The van der Waals surface area contributed by atoms with E-state index in [2.05, 4.69) is 11.1 Å². The second-order valence-corrected chi connectivity index (χ2v) is 6.89. The molecule has 0 saturated carbocycles. The second kappa shape index (κ2) is 8.20. The zero-order chi connectivity index (χ0) is 19.4. The number of carbonyl (C=O) groups is 2. The minimum absolute atomic E-state index is 0.127. The summed E-state index contributed by atoms with van der Waals surface area (Å²) >= 11 is 0. The van der Waals surface area contributed by atoms with Gasteiger partial charge in [-0.05, 0) is 55.9 Å². The fourth-order valence-electron chi connectivity index (χ4n) is 3.59. The lowest BCUT2D eigenvalue weighted by molar-refractivity contribution is 0.0673. The number of aromatic carboxylic acids is 1. The summed E-state index contributed by atoms with van der Waals surface area (Å²) in [5.74, 6) is 0.255. The van der Waals surface area contributed by atoms with Crippen LogP contribution in [-0.2, 0) is 6.42 Å². The van der Waals surface area contributed by atoms with Crippen molar-refractivity contribution >= 4 is 11.9 Å². The number of aromatic nitrogens is 1. The minimum atomic E-state index is -1.03. The molecule has 1 N–H and O–H groups in total. The molecule has 3 rings (SSSR count). The van der Waals surface area contributed by atoms with E-state index < -0.39 is 5.97 Å². The summed E-state index contributed by atoms with van der Waals surface area (Å²) in [5.41, 5.74) is 1.99. The van der Waals surface area contributed by atoms with Crippen LogP contribution in [-0.4, -0.2) is 47.1 Å². The molecular formula is C21H24N2O4.